The summed E-state index contributed by atoms with van der Waals surface area (Å²) in [4.78, 5) is 3.56. The van der Waals surface area contributed by atoms with E-state index in [9.17, 15) is 30.0 Å². The lowest BCUT2D eigenvalue weighted by atomic mass is 9.93. The van der Waals surface area contributed by atoms with Gasteiger partial charge in [-0.1, -0.05) is 24.3 Å². The fourth-order valence-corrected chi connectivity index (χ4v) is 4.36. The van der Waals surface area contributed by atoms with Gasteiger partial charge in [0.05, 0.1) is 16.9 Å². The monoisotopic (exact) mass is 485 g/mol. The lowest BCUT2D eigenvalue weighted by Crippen LogP contribution is -2.12. The van der Waals surface area contributed by atoms with Crippen molar-refractivity contribution in [2.24, 2.45) is 0 Å². The largest absolute Gasteiger partial charge is 0.481 e. The zero-order chi connectivity index (χ0) is 23.9. The molecule has 6 nitrogen and oxygen atoms in total. The molecule has 0 aliphatic rings. The van der Waals surface area contributed by atoms with E-state index in [1.165, 1.54) is 61.7 Å². The van der Waals surface area contributed by atoms with Crippen molar-refractivity contribution >= 4 is 19.7 Å². The van der Waals surface area contributed by atoms with Crippen molar-refractivity contribution in [3.8, 4) is 28.1 Å². The number of hydrogen-bond donors (Lipinski definition) is 0. The summed E-state index contributed by atoms with van der Waals surface area (Å²) in [6.45, 7) is 0. The van der Waals surface area contributed by atoms with Crippen LogP contribution in [0, 0.1) is 0 Å². The third-order valence-electron chi connectivity index (χ3n) is 4.64. The Kier molecular flexibility index (Phi) is 6.09. The van der Waals surface area contributed by atoms with Gasteiger partial charge in [-0.05, 0) is 41.0 Å². The number of nitrogens with zero attached hydrogens (tertiary/aromatic N) is 1. The molecule has 1 heterocycles. The van der Waals surface area contributed by atoms with Gasteiger partial charge in [-0.25, -0.2) is 21.8 Å². The lowest BCUT2D eigenvalue weighted by molar-refractivity contribution is -0.140. The SMILES string of the molecule is COc1cc(-c2ccc(S(C)(=O)=O)cc2)c(-c2ccc(S(C)(=O)=O)cc2)c(C(F)(F)F)n1. The molecule has 0 saturated carbocycles. The molecule has 0 aliphatic carbocycles. The first kappa shape index (κ1) is 23.7. The van der Waals surface area contributed by atoms with Gasteiger partial charge in [0.25, 0.3) is 0 Å². The van der Waals surface area contributed by atoms with E-state index < -0.39 is 31.5 Å². The lowest BCUT2D eigenvalue weighted by Gasteiger charge is -2.18. The Labute approximate surface area is 183 Å². The number of halogens is 3. The number of alkyl halides is 3. The maximum atomic E-state index is 13.9. The van der Waals surface area contributed by atoms with Crippen LogP contribution in [-0.4, -0.2) is 41.4 Å². The van der Waals surface area contributed by atoms with Gasteiger partial charge in [0, 0.05) is 24.1 Å². The number of rotatable bonds is 5. The smallest absolute Gasteiger partial charge is 0.434 e. The van der Waals surface area contributed by atoms with E-state index in [2.05, 4.69) is 4.98 Å². The van der Waals surface area contributed by atoms with Gasteiger partial charge in [-0.2, -0.15) is 13.2 Å². The average Bonchev–Trinajstić information content (AvgIpc) is 2.71. The number of ether oxygens (including phenoxy) is 1. The van der Waals surface area contributed by atoms with Gasteiger partial charge in [-0.3, -0.25) is 0 Å². The minimum Gasteiger partial charge on any atom is -0.481 e. The van der Waals surface area contributed by atoms with Crippen molar-refractivity contribution < 1.29 is 34.7 Å². The van der Waals surface area contributed by atoms with Crippen LogP contribution in [0.4, 0.5) is 13.2 Å². The molecule has 2 aromatic carbocycles. The number of pyridine rings is 1. The molecule has 0 unspecified atom stereocenters. The van der Waals surface area contributed by atoms with Crippen LogP contribution in [0.1, 0.15) is 5.69 Å². The fraction of sp³-hybridized carbons (Fsp3) is 0.190. The van der Waals surface area contributed by atoms with Crippen molar-refractivity contribution in [3.05, 3.63) is 60.3 Å². The van der Waals surface area contributed by atoms with Gasteiger partial charge in [-0.15, -0.1) is 0 Å². The first-order chi connectivity index (χ1) is 14.7. The Bertz CT molecular complexity index is 1360. The topological polar surface area (TPSA) is 90.4 Å². The summed E-state index contributed by atoms with van der Waals surface area (Å²) in [6, 6.07) is 11.6. The molecule has 3 rings (SSSR count). The molecule has 0 aliphatic heterocycles. The summed E-state index contributed by atoms with van der Waals surface area (Å²) < 4.78 is 93.7. The minimum absolute atomic E-state index is 0.0115. The summed E-state index contributed by atoms with van der Waals surface area (Å²) in [6.07, 6.45) is -2.83. The molecule has 0 fully saturated rings. The molecule has 0 atom stereocenters. The molecular formula is C21H18F3NO5S2. The van der Waals surface area contributed by atoms with Crippen LogP contribution in [0.2, 0.25) is 0 Å². The second-order valence-electron chi connectivity index (χ2n) is 7.03. The number of aromatic nitrogens is 1. The molecule has 170 valence electrons. The predicted molar refractivity (Wildman–Crippen MR) is 113 cm³/mol. The number of methoxy groups -OCH3 is 1. The van der Waals surface area contributed by atoms with Crippen LogP contribution in [0.15, 0.2) is 64.4 Å². The third-order valence-corrected chi connectivity index (χ3v) is 6.90. The highest BCUT2D eigenvalue weighted by Crippen LogP contribution is 2.43. The molecule has 0 N–H and O–H groups in total. The summed E-state index contributed by atoms with van der Waals surface area (Å²) >= 11 is 0. The predicted octanol–water partition coefficient (Wildman–Crippen LogP) is 4.25. The third kappa shape index (κ3) is 4.94. The van der Waals surface area contributed by atoms with Crippen molar-refractivity contribution in [1.29, 1.82) is 0 Å². The second kappa shape index (κ2) is 8.21. The van der Waals surface area contributed by atoms with Gasteiger partial charge in [0.1, 0.15) is 0 Å². The first-order valence-electron chi connectivity index (χ1n) is 8.99. The maximum absolute atomic E-state index is 13.9. The summed E-state index contributed by atoms with van der Waals surface area (Å²) in [7, 11) is -5.87. The molecule has 0 bridgehead atoms. The highest BCUT2D eigenvalue weighted by Gasteiger charge is 2.38. The van der Waals surface area contributed by atoms with Crippen molar-refractivity contribution in [1.82, 2.24) is 4.98 Å². The van der Waals surface area contributed by atoms with Crippen molar-refractivity contribution in [2.75, 3.05) is 19.6 Å². The van der Waals surface area contributed by atoms with Gasteiger partial charge >= 0.3 is 6.18 Å². The number of hydrogen-bond acceptors (Lipinski definition) is 6. The van der Waals surface area contributed by atoms with Crippen LogP contribution < -0.4 is 4.74 Å². The Hall–Kier alpha value is -2.92. The van der Waals surface area contributed by atoms with Crippen molar-refractivity contribution in [3.63, 3.8) is 0 Å². The van der Waals surface area contributed by atoms with Crippen LogP contribution in [0.5, 0.6) is 5.88 Å². The standard InChI is InChI=1S/C21H18F3NO5S2/c1-30-18-12-17(13-4-8-15(9-5-13)31(2,26)27)19(20(25-18)21(22,23)24)14-6-10-16(11-7-14)32(3,28)29/h4-12H,1-3H3. The van der Waals surface area contributed by atoms with Gasteiger partial charge < -0.3 is 4.74 Å². The van der Waals surface area contributed by atoms with Crippen molar-refractivity contribution in [2.45, 2.75) is 16.0 Å². The molecule has 0 amide bonds. The first-order valence-corrected chi connectivity index (χ1v) is 12.8. The summed E-state index contributed by atoms with van der Waals surface area (Å²) in [5.41, 5.74) is -1.03. The Morgan fingerprint density at radius 3 is 1.59 bits per heavy atom. The quantitative estimate of drug-likeness (QED) is 0.537. The Morgan fingerprint density at radius 1 is 0.781 bits per heavy atom. The summed E-state index contributed by atoms with van der Waals surface area (Å²) in [5, 5.41) is 0. The Balaban J connectivity index is 2.33. The number of benzene rings is 2. The molecule has 0 saturated heterocycles. The maximum Gasteiger partial charge on any atom is 0.434 e. The zero-order valence-corrected chi connectivity index (χ0v) is 18.8. The van der Waals surface area contributed by atoms with E-state index in [1.54, 1.807) is 0 Å². The highest BCUT2D eigenvalue weighted by molar-refractivity contribution is 7.91. The van der Waals surface area contributed by atoms with E-state index in [0.717, 1.165) is 12.5 Å². The molecule has 1 aromatic heterocycles. The molecule has 0 spiro atoms. The van der Waals surface area contributed by atoms with Crippen LogP contribution in [0.3, 0.4) is 0 Å². The molecule has 3 aromatic rings. The summed E-state index contributed by atoms with van der Waals surface area (Å²) in [5.74, 6) is -0.281. The average molecular weight is 486 g/mol. The molecule has 0 radical (unpaired) electrons. The zero-order valence-electron chi connectivity index (χ0n) is 17.1. The molecular weight excluding hydrogens is 467 g/mol. The minimum atomic E-state index is -4.85. The second-order valence-corrected chi connectivity index (χ2v) is 11.1. The number of sulfone groups is 2. The Morgan fingerprint density at radius 2 is 1.22 bits per heavy atom. The van der Waals surface area contributed by atoms with E-state index >= 15 is 0 Å². The van der Waals surface area contributed by atoms with Crippen LogP contribution >= 0.6 is 0 Å². The van der Waals surface area contributed by atoms with E-state index in [-0.39, 0.29) is 32.4 Å². The van der Waals surface area contributed by atoms with Gasteiger partial charge in [0.15, 0.2) is 25.4 Å². The van der Waals surface area contributed by atoms with Crippen LogP contribution in [-0.2, 0) is 25.9 Å². The van der Waals surface area contributed by atoms with Gasteiger partial charge in [0.2, 0.25) is 5.88 Å². The van der Waals surface area contributed by atoms with E-state index in [1.807, 2.05) is 0 Å². The molecule has 11 heteroatoms. The van der Waals surface area contributed by atoms with Crippen LogP contribution in [0.25, 0.3) is 22.3 Å². The van der Waals surface area contributed by atoms with E-state index in [0.29, 0.717) is 5.56 Å². The van der Waals surface area contributed by atoms with E-state index in [4.69, 9.17) is 4.74 Å². The fourth-order valence-electron chi connectivity index (χ4n) is 3.10. The molecule has 32 heavy (non-hydrogen) atoms. The highest BCUT2D eigenvalue weighted by atomic mass is 32.2. The normalized spacial score (nSPS) is 12.6.